The van der Waals surface area contributed by atoms with Crippen LogP contribution in [0.4, 0.5) is 14.5 Å². The van der Waals surface area contributed by atoms with E-state index in [1.54, 1.807) is 0 Å². The number of imidazole rings is 1. The summed E-state index contributed by atoms with van der Waals surface area (Å²) in [6, 6.07) is 11.0. The minimum Gasteiger partial charge on any atom is -0.473 e. The van der Waals surface area contributed by atoms with Crippen LogP contribution in [0.3, 0.4) is 0 Å². The van der Waals surface area contributed by atoms with Crippen molar-refractivity contribution in [2.45, 2.75) is 6.54 Å². The topological polar surface area (TPSA) is 213 Å². The highest BCUT2D eigenvalue weighted by Gasteiger charge is 2.20. The maximum absolute atomic E-state index is 13.6. The van der Waals surface area contributed by atoms with Gasteiger partial charge in [-0.05, 0) is 24.3 Å². The van der Waals surface area contributed by atoms with Crippen LogP contribution in [-0.4, -0.2) is 103 Å². The molecule has 0 radical (unpaired) electrons. The number of aromatic amines is 1. The van der Waals surface area contributed by atoms with Gasteiger partial charge in [-0.15, -0.1) is 0 Å². The van der Waals surface area contributed by atoms with E-state index in [1.165, 1.54) is 6.07 Å². The SMILES string of the molecule is O=C(CN1CCN(Cc2nc3ccccc3[nH]2)CC1)Nc1ccc(F)cc1F.O=C(O)C(=O)O.O=C(O)C(=O)O. The predicted octanol–water partition coefficient (Wildman–Crippen LogP) is 0.909. The standard InChI is InChI=1S/C20H21F2N5O.2C2H2O4/c21-14-5-6-16(15(22)11-14)25-20(28)13-27-9-7-26(8-10-27)12-19-23-17-3-1-2-4-18(17)24-19;2*3-1(4)2(5)6/h1-6,11H,7-10,12-13H2,(H,23,24)(H,25,28);2*(H,3,4)(H,5,6). The van der Waals surface area contributed by atoms with Gasteiger partial charge in [0.05, 0.1) is 29.8 Å². The molecule has 0 saturated carbocycles. The van der Waals surface area contributed by atoms with Crippen molar-refractivity contribution in [3.05, 3.63) is 59.9 Å². The molecule has 0 spiro atoms. The van der Waals surface area contributed by atoms with Crippen LogP contribution in [0.25, 0.3) is 11.0 Å². The second kappa shape index (κ2) is 14.8. The minimum atomic E-state index is -1.82. The molecule has 4 rings (SSSR count). The monoisotopic (exact) mass is 565 g/mol. The van der Waals surface area contributed by atoms with Crippen molar-refractivity contribution in [3.8, 4) is 0 Å². The largest absolute Gasteiger partial charge is 0.473 e. The molecule has 0 aliphatic carbocycles. The lowest BCUT2D eigenvalue weighted by molar-refractivity contribution is -0.159. The van der Waals surface area contributed by atoms with E-state index in [2.05, 4.69) is 20.2 Å². The zero-order valence-electron chi connectivity index (χ0n) is 20.7. The van der Waals surface area contributed by atoms with Gasteiger partial charge >= 0.3 is 23.9 Å². The van der Waals surface area contributed by atoms with Gasteiger partial charge in [-0.3, -0.25) is 14.6 Å². The number of anilines is 1. The van der Waals surface area contributed by atoms with Crippen molar-refractivity contribution < 1.29 is 53.2 Å². The first-order valence-corrected chi connectivity index (χ1v) is 11.4. The van der Waals surface area contributed by atoms with E-state index in [4.69, 9.17) is 39.6 Å². The molecule has 1 fully saturated rings. The van der Waals surface area contributed by atoms with E-state index in [0.717, 1.165) is 61.7 Å². The number of hydrogen-bond acceptors (Lipinski definition) is 8. The predicted molar refractivity (Wildman–Crippen MR) is 133 cm³/mol. The van der Waals surface area contributed by atoms with E-state index < -0.39 is 35.5 Å². The molecule has 1 aliphatic rings. The number of rotatable bonds is 5. The fourth-order valence-corrected chi connectivity index (χ4v) is 3.38. The van der Waals surface area contributed by atoms with Crippen molar-refractivity contribution in [3.63, 3.8) is 0 Å². The summed E-state index contributed by atoms with van der Waals surface area (Å²) in [5.74, 6) is -8.12. The van der Waals surface area contributed by atoms with E-state index >= 15 is 0 Å². The summed E-state index contributed by atoms with van der Waals surface area (Å²) in [7, 11) is 0. The summed E-state index contributed by atoms with van der Waals surface area (Å²) in [6.45, 7) is 4.01. The van der Waals surface area contributed by atoms with Crippen LogP contribution < -0.4 is 5.32 Å². The van der Waals surface area contributed by atoms with Crippen LogP contribution in [0, 0.1) is 11.6 Å². The highest BCUT2D eigenvalue weighted by Crippen LogP contribution is 2.16. The summed E-state index contributed by atoms with van der Waals surface area (Å²) in [6.07, 6.45) is 0. The first-order chi connectivity index (χ1) is 18.8. The number of hydrogen-bond donors (Lipinski definition) is 6. The molecule has 16 heteroatoms. The third-order valence-electron chi connectivity index (χ3n) is 5.22. The summed E-state index contributed by atoms with van der Waals surface area (Å²) in [4.78, 5) is 60.8. The number of nitrogens with one attached hydrogen (secondary N) is 2. The summed E-state index contributed by atoms with van der Waals surface area (Å²) >= 11 is 0. The number of carboxylic acids is 4. The molecule has 1 saturated heterocycles. The molecule has 1 aromatic heterocycles. The lowest BCUT2D eigenvalue weighted by Gasteiger charge is -2.33. The summed E-state index contributed by atoms with van der Waals surface area (Å²) in [5.41, 5.74) is 1.98. The number of fused-ring (bicyclic) bond motifs is 1. The average Bonchev–Trinajstić information content (AvgIpc) is 3.30. The van der Waals surface area contributed by atoms with Crippen LogP contribution in [-0.2, 0) is 30.5 Å². The molecule has 0 atom stereocenters. The number of H-pyrrole nitrogens is 1. The Balaban J connectivity index is 0.000000393. The van der Waals surface area contributed by atoms with Gasteiger partial charge in [-0.1, -0.05) is 12.1 Å². The highest BCUT2D eigenvalue weighted by atomic mass is 19.1. The van der Waals surface area contributed by atoms with E-state index in [-0.39, 0.29) is 18.1 Å². The van der Waals surface area contributed by atoms with Gasteiger partial charge in [0, 0.05) is 32.2 Å². The summed E-state index contributed by atoms with van der Waals surface area (Å²) in [5, 5.41) is 32.1. The van der Waals surface area contributed by atoms with Crippen LogP contribution in [0.1, 0.15) is 5.82 Å². The normalized spacial score (nSPS) is 13.2. The van der Waals surface area contributed by atoms with Crippen molar-refractivity contribution in [2.24, 2.45) is 0 Å². The molecule has 214 valence electrons. The maximum Gasteiger partial charge on any atom is 0.414 e. The molecular formula is C24H25F2N5O9. The van der Waals surface area contributed by atoms with Crippen molar-refractivity contribution in [1.82, 2.24) is 19.8 Å². The lowest BCUT2D eigenvalue weighted by Crippen LogP contribution is -2.48. The van der Waals surface area contributed by atoms with Gasteiger partial charge in [0.25, 0.3) is 0 Å². The van der Waals surface area contributed by atoms with Gasteiger partial charge in [-0.25, -0.2) is 32.9 Å². The van der Waals surface area contributed by atoms with Crippen molar-refractivity contribution >= 4 is 46.5 Å². The Bertz CT molecular complexity index is 1290. The smallest absolute Gasteiger partial charge is 0.414 e. The Hall–Kier alpha value is -4.96. The third kappa shape index (κ3) is 10.4. The number of carbonyl (C=O) groups excluding carboxylic acids is 1. The van der Waals surface area contributed by atoms with E-state index in [1.807, 2.05) is 29.2 Å². The molecule has 2 heterocycles. The van der Waals surface area contributed by atoms with Crippen LogP contribution in [0.2, 0.25) is 0 Å². The zero-order valence-corrected chi connectivity index (χ0v) is 20.7. The molecular weight excluding hydrogens is 540 g/mol. The maximum atomic E-state index is 13.6. The quantitative estimate of drug-likeness (QED) is 0.238. The number of halogens is 2. The third-order valence-corrected chi connectivity index (χ3v) is 5.22. The molecule has 3 aromatic rings. The molecule has 6 N–H and O–H groups in total. The first-order valence-electron chi connectivity index (χ1n) is 11.4. The Morgan fingerprint density at radius 2 is 1.38 bits per heavy atom. The number of carboxylic acid groups (broad SMARTS) is 4. The Labute approximate surface area is 224 Å². The Morgan fingerprint density at radius 1 is 0.825 bits per heavy atom. The van der Waals surface area contributed by atoms with Crippen LogP contribution in [0.15, 0.2) is 42.5 Å². The molecule has 0 bridgehead atoms. The number of para-hydroxylation sites is 2. The van der Waals surface area contributed by atoms with Gasteiger partial charge in [-0.2, -0.15) is 0 Å². The number of aliphatic carboxylic acids is 4. The first kappa shape index (κ1) is 31.3. The van der Waals surface area contributed by atoms with E-state index in [0.29, 0.717) is 0 Å². The van der Waals surface area contributed by atoms with Gasteiger partial charge < -0.3 is 30.7 Å². The molecule has 1 amide bonds. The highest BCUT2D eigenvalue weighted by molar-refractivity contribution is 6.27. The number of benzene rings is 2. The van der Waals surface area contributed by atoms with Crippen LogP contribution >= 0.6 is 0 Å². The molecule has 14 nitrogen and oxygen atoms in total. The van der Waals surface area contributed by atoms with Crippen LogP contribution in [0.5, 0.6) is 0 Å². The second-order valence-corrected chi connectivity index (χ2v) is 8.15. The molecule has 0 unspecified atom stereocenters. The summed E-state index contributed by atoms with van der Waals surface area (Å²) < 4.78 is 26.6. The number of amides is 1. The minimum absolute atomic E-state index is 0.00470. The number of piperazine rings is 1. The molecule has 2 aromatic carbocycles. The van der Waals surface area contributed by atoms with Gasteiger partial charge in [0.2, 0.25) is 5.91 Å². The van der Waals surface area contributed by atoms with Gasteiger partial charge in [0.15, 0.2) is 0 Å². The fraction of sp³-hybridized carbons (Fsp3) is 0.250. The second-order valence-electron chi connectivity index (χ2n) is 8.15. The van der Waals surface area contributed by atoms with E-state index in [9.17, 15) is 13.6 Å². The number of nitrogens with zero attached hydrogens (tertiary/aromatic N) is 3. The Kier molecular flexibility index (Phi) is 11.6. The molecule has 1 aliphatic heterocycles. The number of aromatic nitrogens is 2. The average molecular weight is 565 g/mol. The lowest BCUT2D eigenvalue weighted by atomic mass is 10.2. The van der Waals surface area contributed by atoms with Crippen molar-refractivity contribution in [2.75, 3.05) is 38.0 Å². The molecule has 40 heavy (non-hydrogen) atoms. The zero-order chi connectivity index (χ0) is 29.8. The Morgan fingerprint density at radius 3 is 1.90 bits per heavy atom. The number of carbonyl (C=O) groups is 5. The fourth-order valence-electron chi connectivity index (χ4n) is 3.38. The van der Waals surface area contributed by atoms with Crippen molar-refractivity contribution in [1.29, 1.82) is 0 Å². The van der Waals surface area contributed by atoms with Gasteiger partial charge in [0.1, 0.15) is 17.5 Å².